The zero-order chi connectivity index (χ0) is 32.2. The second-order valence-corrected chi connectivity index (χ2v) is 11.6. The van der Waals surface area contributed by atoms with Gasteiger partial charge in [-0.25, -0.2) is 4.79 Å². The summed E-state index contributed by atoms with van der Waals surface area (Å²) in [6, 6.07) is 5.83. The van der Waals surface area contributed by atoms with Crippen molar-refractivity contribution in [1.29, 1.82) is 0 Å². The van der Waals surface area contributed by atoms with E-state index < -0.39 is 18.1 Å². The number of hydrogen-bond acceptors (Lipinski definition) is 9. The highest BCUT2D eigenvalue weighted by molar-refractivity contribution is 7.98. The molecule has 0 aromatic heterocycles. The van der Waals surface area contributed by atoms with E-state index in [1.165, 1.54) is 18.7 Å². The molecule has 1 aliphatic rings. The number of amides is 2. The van der Waals surface area contributed by atoms with Crippen LogP contribution in [-0.2, 0) is 20.8 Å². The number of aryl methyl sites for hydroxylation is 1. The van der Waals surface area contributed by atoms with Crippen LogP contribution in [0.25, 0.3) is 11.1 Å². The lowest BCUT2D eigenvalue weighted by molar-refractivity contribution is -0.141. The lowest BCUT2D eigenvalue weighted by Gasteiger charge is -2.19. The number of carbonyl (C=O) groups excluding carboxylic acids is 2. The Labute approximate surface area is 262 Å². The van der Waals surface area contributed by atoms with Crippen LogP contribution in [0.5, 0.6) is 17.2 Å². The Kier molecular flexibility index (Phi) is 13.2. The number of methoxy groups -OCH3 is 3. The molecule has 0 saturated heterocycles. The van der Waals surface area contributed by atoms with E-state index in [0.717, 1.165) is 23.1 Å². The van der Waals surface area contributed by atoms with Crippen LogP contribution in [0.1, 0.15) is 62.6 Å². The van der Waals surface area contributed by atoms with Crippen molar-refractivity contribution in [3.8, 4) is 28.4 Å². The Balaban J connectivity index is 1.78. The van der Waals surface area contributed by atoms with Crippen molar-refractivity contribution in [3.05, 3.63) is 45.6 Å². The third kappa shape index (κ3) is 8.81. The molecule has 2 atom stereocenters. The molecule has 240 valence electrons. The predicted octanol–water partition coefficient (Wildman–Crippen LogP) is 4.16. The van der Waals surface area contributed by atoms with Gasteiger partial charge in [-0.1, -0.05) is 12.5 Å². The van der Waals surface area contributed by atoms with Gasteiger partial charge in [-0.3, -0.25) is 14.4 Å². The average Bonchev–Trinajstić information content (AvgIpc) is 3.24. The van der Waals surface area contributed by atoms with Gasteiger partial charge in [0.15, 0.2) is 11.5 Å². The fourth-order valence-electron chi connectivity index (χ4n) is 5.42. The van der Waals surface area contributed by atoms with Crippen LogP contribution in [-0.4, -0.2) is 68.8 Å². The van der Waals surface area contributed by atoms with E-state index in [-0.39, 0.29) is 23.7 Å². The smallest absolute Gasteiger partial charge is 0.326 e. The van der Waals surface area contributed by atoms with Gasteiger partial charge in [-0.2, -0.15) is 11.8 Å². The molecule has 0 saturated carbocycles. The quantitative estimate of drug-likeness (QED) is 0.199. The normalized spacial score (nSPS) is 14.2. The number of unbranched alkanes of at least 4 members (excludes halogenated alkanes) is 2. The molecular formula is C32H43N3O8S. The third-order valence-electron chi connectivity index (χ3n) is 7.56. The van der Waals surface area contributed by atoms with Gasteiger partial charge in [0.1, 0.15) is 6.04 Å². The fourth-order valence-corrected chi connectivity index (χ4v) is 5.90. The fraction of sp³-hybridized carbons (Fsp3) is 0.500. The maximum atomic E-state index is 13.4. The molecule has 2 amide bonds. The molecular weight excluding hydrogens is 586 g/mol. The summed E-state index contributed by atoms with van der Waals surface area (Å²) in [6.07, 6.45) is 5.74. The van der Waals surface area contributed by atoms with Crippen LogP contribution < -0.4 is 35.6 Å². The van der Waals surface area contributed by atoms with Gasteiger partial charge in [-0.05, 0) is 79.0 Å². The van der Waals surface area contributed by atoms with Crippen LogP contribution in [0.15, 0.2) is 29.1 Å². The second kappa shape index (κ2) is 16.8. The second-order valence-electron chi connectivity index (χ2n) is 10.6. The first-order valence-corrected chi connectivity index (χ1v) is 16.1. The highest BCUT2D eigenvalue weighted by Crippen LogP contribution is 2.50. The first-order chi connectivity index (χ1) is 21.1. The third-order valence-corrected chi connectivity index (χ3v) is 8.20. The van der Waals surface area contributed by atoms with Crippen molar-refractivity contribution < 1.29 is 33.7 Å². The number of hydrogen-bond donors (Lipinski definition) is 4. The van der Waals surface area contributed by atoms with Crippen LogP contribution in [0, 0.1) is 0 Å². The van der Waals surface area contributed by atoms with Crippen molar-refractivity contribution in [2.24, 2.45) is 0 Å². The Morgan fingerprint density at radius 3 is 2.43 bits per heavy atom. The summed E-state index contributed by atoms with van der Waals surface area (Å²) in [5, 5.41) is 18.1. The number of anilines is 1. The number of carbonyl (C=O) groups is 3. The van der Waals surface area contributed by atoms with E-state index >= 15 is 0 Å². The monoisotopic (exact) mass is 629 g/mol. The Hall–Kier alpha value is -3.93. The summed E-state index contributed by atoms with van der Waals surface area (Å²) >= 11 is 1.54. The minimum absolute atomic E-state index is 0.196. The molecule has 0 aliphatic heterocycles. The van der Waals surface area contributed by atoms with E-state index in [4.69, 9.17) is 14.2 Å². The van der Waals surface area contributed by atoms with Gasteiger partial charge in [0.05, 0.1) is 33.1 Å². The summed E-state index contributed by atoms with van der Waals surface area (Å²) in [4.78, 5) is 49.1. The molecule has 1 aliphatic carbocycles. The van der Waals surface area contributed by atoms with Crippen LogP contribution in [0.4, 0.5) is 5.69 Å². The summed E-state index contributed by atoms with van der Waals surface area (Å²) in [7, 11) is 4.66. The molecule has 0 spiro atoms. The number of carboxylic acid groups (broad SMARTS) is 1. The molecule has 2 unspecified atom stereocenters. The van der Waals surface area contributed by atoms with Gasteiger partial charge in [0, 0.05) is 25.5 Å². The average molecular weight is 630 g/mol. The Morgan fingerprint density at radius 2 is 1.80 bits per heavy atom. The summed E-state index contributed by atoms with van der Waals surface area (Å²) in [6.45, 7) is 1.97. The molecule has 3 rings (SSSR count). The molecule has 0 fully saturated rings. The minimum atomic E-state index is -1.03. The molecule has 0 heterocycles. The zero-order valence-electron chi connectivity index (χ0n) is 26.0. The molecule has 44 heavy (non-hydrogen) atoms. The van der Waals surface area contributed by atoms with E-state index in [9.17, 15) is 24.3 Å². The summed E-state index contributed by atoms with van der Waals surface area (Å²) in [5.41, 5.74) is 3.37. The molecule has 11 nitrogen and oxygen atoms in total. The van der Waals surface area contributed by atoms with Gasteiger partial charge < -0.3 is 35.3 Å². The van der Waals surface area contributed by atoms with Crippen molar-refractivity contribution in [2.75, 3.05) is 45.2 Å². The first-order valence-electron chi connectivity index (χ1n) is 14.7. The summed E-state index contributed by atoms with van der Waals surface area (Å²) in [5.74, 6) is 0.621. The van der Waals surface area contributed by atoms with Crippen LogP contribution in [0.3, 0.4) is 0 Å². The highest BCUT2D eigenvalue weighted by Gasteiger charge is 2.29. The van der Waals surface area contributed by atoms with E-state index in [0.29, 0.717) is 72.9 Å². The summed E-state index contributed by atoms with van der Waals surface area (Å²) < 4.78 is 17.0. The topological polar surface area (TPSA) is 152 Å². The van der Waals surface area contributed by atoms with Gasteiger partial charge in [0.2, 0.25) is 23.0 Å². The number of nitrogens with one attached hydrogen (secondary N) is 3. The van der Waals surface area contributed by atoms with Crippen LogP contribution >= 0.6 is 11.8 Å². The first kappa shape index (κ1) is 34.6. The molecule has 2 aromatic rings. The SMILES string of the molecule is COc1cc2c(c(OC)c1OC)-c1ccc(NCCCCCC(=O)NC(CCSC)C(=O)O)c(=O)cc1C(NC(C)=O)CC2. The van der Waals surface area contributed by atoms with Gasteiger partial charge in [0.25, 0.3) is 0 Å². The molecule has 4 N–H and O–H groups in total. The lowest BCUT2D eigenvalue weighted by Crippen LogP contribution is -2.41. The standard InChI is InChI=1S/C32H43N3O8S/c1-19(36)34-23-12-10-20-17-27(41-2)30(42-3)31(43-4)29(20)21-11-13-24(26(37)18-22(21)23)33-15-8-6-7-9-28(38)35-25(32(39)40)14-16-44-5/h11,13,17-18,23,25H,6-10,12,14-16H2,1-5H3,(H,33,37)(H,34,36)(H,35,38)(H,39,40). The van der Waals surface area contributed by atoms with E-state index in [1.54, 1.807) is 33.5 Å². The Morgan fingerprint density at radius 1 is 1.05 bits per heavy atom. The van der Waals surface area contributed by atoms with Crippen molar-refractivity contribution >= 4 is 35.2 Å². The van der Waals surface area contributed by atoms with Crippen molar-refractivity contribution in [2.45, 2.75) is 64.0 Å². The molecule has 0 radical (unpaired) electrons. The lowest BCUT2D eigenvalue weighted by atomic mass is 9.95. The minimum Gasteiger partial charge on any atom is -0.493 e. The highest BCUT2D eigenvalue weighted by atomic mass is 32.2. The largest absolute Gasteiger partial charge is 0.493 e. The van der Waals surface area contributed by atoms with Gasteiger partial charge in [-0.15, -0.1) is 0 Å². The molecule has 0 bridgehead atoms. The van der Waals surface area contributed by atoms with Crippen LogP contribution in [0.2, 0.25) is 0 Å². The number of carboxylic acids is 1. The molecule has 2 aromatic carbocycles. The van der Waals surface area contributed by atoms with E-state index in [1.807, 2.05) is 18.4 Å². The number of aliphatic carboxylic acids is 1. The number of thioether (sulfide) groups is 1. The predicted molar refractivity (Wildman–Crippen MR) is 172 cm³/mol. The van der Waals surface area contributed by atoms with Gasteiger partial charge >= 0.3 is 5.97 Å². The van der Waals surface area contributed by atoms with E-state index in [2.05, 4.69) is 16.0 Å². The molecule has 12 heteroatoms. The number of rotatable bonds is 16. The zero-order valence-corrected chi connectivity index (χ0v) is 26.9. The maximum absolute atomic E-state index is 13.4. The Bertz CT molecular complexity index is 1400. The number of ether oxygens (including phenoxy) is 3. The van der Waals surface area contributed by atoms with Crippen molar-refractivity contribution in [3.63, 3.8) is 0 Å². The maximum Gasteiger partial charge on any atom is 0.326 e. The van der Waals surface area contributed by atoms with Crippen molar-refractivity contribution in [1.82, 2.24) is 10.6 Å². The number of fused-ring (bicyclic) bond motifs is 3. The number of benzene rings is 1.